The summed E-state index contributed by atoms with van der Waals surface area (Å²) < 4.78 is 51.8. The second-order valence-electron chi connectivity index (χ2n) is 11.5. The number of phenolic OH excluding ortho intramolecular Hbond substituents is 1. The summed E-state index contributed by atoms with van der Waals surface area (Å²) in [5, 5.41) is 11.6. The number of alkyl halides is 1. The first-order valence-electron chi connectivity index (χ1n) is 14.4. The van der Waals surface area contributed by atoms with Crippen LogP contribution < -0.4 is 4.74 Å². The summed E-state index contributed by atoms with van der Waals surface area (Å²) in [7, 11) is 0. The van der Waals surface area contributed by atoms with E-state index in [-0.39, 0.29) is 46.1 Å². The fourth-order valence-electron chi connectivity index (χ4n) is 6.99. The Morgan fingerprint density at radius 1 is 1.14 bits per heavy atom. The maximum absolute atomic E-state index is 16.6. The third-order valence-corrected chi connectivity index (χ3v) is 8.94. The Hall–Kier alpha value is -4.16. The molecule has 2 atom stereocenters. The van der Waals surface area contributed by atoms with Crippen LogP contribution >= 0.6 is 0 Å². The molecular weight excluding hydrogens is 541 g/mol. The number of halogens is 3. The Morgan fingerprint density at radius 2 is 2.02 bits per heavy atom. The van der Waals surface area contributed by atoms with Gasteiger partial charge in [0, 0.05) is 35.5 Å². The van der Waals surface area contributed by atoms with E-state index >= 15 is 4.39 Å². The van der Waals surface area contributed by atoms with Crippen LogP contribution in [0.1, 0.15) is 56.2 Å². The number of aromatic nitrogens is 3. The van der Waals surface area contributed by atoms with Crippen molar-refractivity contribution in [2.45, 2.75) is 56.7 Å². The normalized spacial score (nSPS) is 22.3. The number of fused-ring (bicyclic) bond motifs is 3. The average molecular weight is 571 g/mol. The molecule has 1 N–H and O–H groups in total. The molecule has 9 heteroatoms. The lowest BCUT2D eigenvalue weighted by molar-refractivity contribution is 0.107. The number of benzene rings is 2. The van der Waals surface area contributed by atoms with Gasteiger partial charge < -0.3 is 9.84 Å². The maximum atomic E-state index is 16.6. The number of pyridine rings is 1. The topological polar surface area (TPSA) is 71.4 Å². The van der Waals surface area contributed by atoms with Crippen molar-refractivity contribution in [2.24, 2.45) is 0 Å². The quantitative estimate of drug-likeness (QED) is 0.269. The number of hydrogen-bond donors (Lipinski definition) is 1. The molecule has 42 heavy (non-hydrogen) atoms. The SMILES string of the molecule is C#Cc1c(F)ccc2cc(O)cc(-c3ncc4c(C5=CCCCC5)nc(OC[C@@]56CCCN5C[C@H](F)C6)nc4c3F)c12. The lowest BCUT2D eigenvalue weighted by Gasteiger charge is -2.30. The van der Waals surface area contributed by atoms with Crippen LogP contribution in [0.15, 0.2) is 36.5 Å². The van der Waals surface area contributed by atoms with Gasteiger partial charge in [-0.2, -0.15) is 9.97 Å². The fraction of sp³-hybridized carbons (Fsp3) is 0.364. The Morgan fingerprint density at radius 3 is 2.83 bits per heavy atom. The molecule has 4 heterocycles. The molecule has 2 aromatic heterocycles. The number of aromatic hydroxyl groups is 1. The van der Waals surface area contributed by atoms with E-state index in [9.17, 15) is 13.9 Å². The molecule has 0 saturated carbocycles. The fourth-order valence-corrected chi connectivity index (χ4v) is 6.99. The molecule has 6 nitrogen and oxygen atoms in total. The molecule has 0 spiro atoms. The second-order valence-corrected chi connectivity index (χ2v) is 11.5. The van der Waals surface area contributed by atoms with E-state index in [0.717, 1.165) is 50.6 Å². The molecule has 0 amide bonds. The number of hydrogen-bond acceptors (Lipinski definition) is 6. The molecule has 3 aliphatic rings. The zero-order chi connectivity index (χ0) is 29.0. The van der Waals surface area contributed by atoms with Crippen LogP contribution in [0.4, 0.5) is 13.2 Å². The zero-order valence-corrected chi connectivity index (χ0v) is 23.0. The van der Waals surface area contributed by atoms with Crippen molar-refractivity contribution in [3.05, 3.63) is 59.4 Å². The number of nitrogens with zero attached hydrogens (tertiary/aromatic N) is 4. The van der Waals surface area contributed by atoms with Gasteiger partial charge in [0.2, 0.25) is 0 Å². The minimum absolute atomic E-state index is 0.00260. The van der Waals surface area contributed by atoms with E-state index in [0.29, 0.717) is 29.4 Å². The summed E-state index contributed by atoms with van der Waals surface area (Å²) in [4.78, 5) is 15.8. The molecule has 2 aromatic carbocycles. The molecule has 7 rings (SSSR count). The standard InChI is InChI=1S/C33H29F3N4O2/c1-2-23-26(35)10-9-20-13-22(41)14-24(27(20)23)30-28(36)31-25(16-37-30)29(19-7-4-3-5-8-19)38-32(39-31)42-18-33-11-6-12-40(33)17-21(34)15-33/h1,7,9-10,13-14,16,21,41H,3-6,8,11-12,15,17-18H2/t21-,33+/m1/s1. The van der Waals surface area contributed by atoms with Crippen LogP contribution in [0.3, 0.4) is 0 Å². The van der Waals surface area contributed by atoms with Crippen molar-refractivity contribution in [1.29, 1.82) is 0 Å². The van der Waals surface area contributed by atoms with Gasteiger partial charge in [0.05, 0.1) is 16.8 Å². The first kappa shape index (κ1) is 26.7. The first-order chi connectivity index (χ1) is 20.4. The molecular formula is C33H29F3N4O2. The van der Waals surface area contributed by atoms with Crippen LogP contribution in [0, 0.1) is 24.0 Å². The van der Waals surface area contributed by atoms with E-state index in [1.165, 1.54) is 30.5 Å². The number of ether oxygens (including phenoxy) is 1. The first-order valence-corrected chi connectivity index (χ1v) is 14.4. The van der Waals surface area contributed by atoms with Gasteiger partial charge in [-0.1, -0.05) is 18.1 Å². The Bertz CT molecular complexity index is 1820. The van der Waals surface area contributed by atoms with Crippen molar-refractivity contribution in [3.8, 4) is 35.4 Å². The minimum atomic E-state index is -0.907. The highest BCUT2D eigenvalue weighted by Gasteiger charge is 2.49. The summed E-state index contributed by atoms with van der Waals surface area (Å²) in [6.45, 7) is 1.42. The number of phenols is 1. The lowest BCUT2D eigenvalue weighted by atomic mass is 9.94. The summed E-state index contributed by atoms with van der Waals surface area (Å²) in [5.41, 5.74) is 1.08. The van der Waals surface area contributed by atoms with Gasteiger partial charge in [0.15, 0.2) is 5.82 Å². The van der Waals surface area contributed by atoms with E-state index in [1.54, 1.807) is 0 Å². The molecule has 0 radical (unpaired) electrons. The average Bonchev–Trinajstić information content (AvgIpc) is 3.52. The predicted octanol–water partition coefficient (Wildman–Crippen LogP) is 6.72. The highest BCUT2D eigenvalue weighted by molar-refractivity contribution is 6.02. The lowest BCUT2D eigenvalue weighted by Crippen LogP contribution is -2.43. The third kappa shape index (κ3) is 4.36. The smallest absolute Gasteiger partial charge is 0.317 e. The Kier molecular flexibility index (Phi) is 6.54. The summed E-state index contributed by atoms with van der Waals surface area (Å²) in [5.74, 6) is 0.821. The van der Waals surface area contributed by atoms with E-state index in [1.807, 2.05) is 0 Å². The zero-order valence-electron chi connectivity index (χ0n) is 23.0. The predicted molar refractivity (Wildman–Crippen MR) is 155 cm³/mol. The highest BCUT2D eigenvalue weighted by Crippen LogP contribution is 2.42. The largest absolute Gasteiger partial charge is 0.508 e. The second kappa shape index (κ2) is 10.3. The highest BCUT2D eigenvalue weighted by atomic mass is 19.1. The number of allylic oxidation sites excluding steroid dienone is 2. The summed E-state index contributed by atoms with van der Waals surface area (Å²) >= 11 is 0. The van der Waals surface area contributed by atoms with Crippen molar-refractivity contribution in [2.75, 3.05) is 19.7 Å². The number of rotatable bonds is 5. The van der Waals surface area contributed by atoms with Gasteiger partial charge >= 0.3 is 6.01 Å². The van der Waals surface area contributed by atoms with Gasteiger partial charge in [-0.3, -0.25) is 9.88 Å². The van der Waals surface area contributed by atoms with Crippen molar-refractivity contribution in [1.82, 2.24) is 19.9 Å². The summed E-state index contributed by atoms with van der Waals surface area (Å²) in [6.07, 6.45) is 14.2. The van der Waals surface area contributed by atoms with E-state index in [4.69, 9.17) is 16.1 Å². The van der Waals surface area contributed by atoms with Gasteiger partial charge in [0.25, 0.3) is 0 Å². The molecule has 2 fully saturated rings. The molecule has 1 aliphatic carbocycles. The Balaban J connectivity index is 1.39. The third-order valence-electron chi connectivity index (χ3n) is 8.94. The van der Waals surface area contributed by atoms with Gasteiger partial charge in [-0.25, -0.2) is 13.2 Å². The molecule has 2 aliphatic heterocycles. The Labute approximate surface area is 241 Å². The van der Waals surface area contributed by atoms with Crippen LogP contribution in [0.2, 0.25) is 0 Å². The summed E-state index contributed by atoms with van der Waals surface area (Å²) in [6, 6.07) is 5.47. The van der Waals surface area contributed by atoms with Crippen LogP contribution in [0.5, 0.6) is 11.8 Å². The molecule has 4 aromatic rings. The van der Waals surface area contributed by atoms with Gasteiger partial charge in [-0.05, 0) is 74.2 Å². The monoisotopic (exact) mass is 570 g/mol. The van der Waals surface area contributed by atoms with E-state index in [2.05, 4.69) is 26.9 Å². The van der Waals surface area contributed by atoms with Crippen molar-refractivity contribution < 1.29 is 23.0 Å². The van der Waals surface area contributed by atoms with Crippen molar-refractivity contribution in [3.63, 3.8) is 0 Å². The minimum Gasteiger partial charge on any atom is -0.508 e. The van der Waals surface area contributed by atoms with Crippen molar-refractivity contribution >= 4 is 27.2 Å². The van der Waals surface area contributed by atoms with Crippen LogP contribution in [0.25, 0.3) is 38.5 Å². The molecule has 0 bridgehead atoms. The molecule has 2 saturated heterocycles. The van der Waals surface area contributed by atoms with Gasteiger partial charge in [-0.15, -0.1) is 6.42 Å². The maximum Gasteiger partial charge on any atom is 0.317 e. The molecule has 214 valence electrons. The molecule has 0 unspecified atom stereocenters. The van der Waals surface area contributed by atoms with E-state index < -0.39 is 23.3 Å². The van der Waals surface area contributed by atoms with Gasteiger partial charge in [0.1, 0.15) is 35.6 Å². The van der Waals surface area contributed by atoms with Crippen LogP contribution in [-0.4, -0.2) is 56.4 Å². The van der Waals surface area contributed by atoms with Crippen LogP contribution in [-0.2, 0) is 0 Å². The number of terminal acetylenes is 1.